The minimum atomic E-state index is -3.65. The molecule has 0 spiro atoms. The van der Waals surface area contributed by atoms with Gasteiger partial charge in [0.2, 0.25) is 0 Å². The monoisotopic (exact) mass is 413 g/mol. The Hall–Kier alpha value is -2.58. The van der Waals surface area contributed by atoms with E-state index in [1.165, 1.54) is 22.3 Å². The number of fused-ring (bicyclic) bond motifs is 3. The van der Waals surface area contributed by atoms with Crippen LogP contribution in [0.4, 0.5) is 5.69 Å². The van der Waals surface area contributed by atoms with E-state index in [2.05, 4.69) is 9.97 Å². The minimum Gasteiger partial charge on any atom is -0.497 e. The number of methoxy groups -OCH3 is 1. The Morgan fingerprint density at radius 3 is 2.57 bits per heavy atom. The fourth-order valence-corrected chi connectivity index (χ4v) is 5.51. The second-order valence-electron chi connectivity index (χ2n) is 6.19. The van der Waals surface area contributed by atoms with E-state index in [0.717, 1.165) is 16.9 Å². The van der Waals surface area contributed by atoms with E-state index in [1.807, 2.05) is 55.5 Å². The molecule has 1 aliphatic heterocycles. The summed E-state index contributed by atoms with van der Waals surface area (Å²) in [5, 5.41) is 0.546. The molecule has 3 aromatic rings. The molecule has 0 saturated carbocycles. The highest BCUT2D eigenvalue weighted by molar-refractivity contribution is 7.98. The fourth-order valence-electron chi connectivity index (χ4n) is 3.16. The predicted octanol–water partition coefficient (Wildman–Crippen LogP) is 3.97. The minimum absolute atomic E-state index is 0.154. The van der Waals surface area contributed by atoms with Crippen molar-refractivity contribution in [2.75, 3.05) is 18.0 Å². The van der Waals surface area contributed by atoms with Gasteiger partial charge in [0.15, 0.2) is 5.16 Å². The molecule has 0 amide bonds. The van der Waals surface area contributed by atoms with Crippen molar-refractivity contribution in [3.63, 3.8) is 0 Å². The third kappa shape index (κ3) is 3.22. The number of rotatable bonds is 5. The van der Waals surface area contributed by atoms with E-state index < -0.39 is 10.0 Å². The van der Waals surface area contributed by atoms with Crippen molar-refractivity contribution < 1.29 is 13.2 Å². The lowest BCUT2D eigenvalue weighted by Gasteiger charge is -2.30. The van der Waals surface area contributed by atoms with Crippen molar-refractivity contribution in [2.24, 2.45) is 0 Å². The second-order valence-corrected chi connectivity index (χ2v) is 8.96. The normalized spacial score (nSPS) is 14.3. The molecular formula is C20H19N3O3S2. The van der Waals surface area contributed by atoms with Crippen LogP contribution in [0.5, 0.6) is 5.75 Å². The van der Waals surface area contributed by atoms with E-state index in [4.69, 9.17) is 4.74 Å². The van der Waals surface area contributed by atoms with Gasteiger partial charge in [-0.25, -0.2) is 18.4 Å². The average molecular weight is 414 g/mol. The lowest BCUT2D eigenvalue weighted by molar-refractivity contribution is 0.414. The van der Waals surface area contributed by atoms with Crippen molar-refractivity contribution in [3.05, 3.63) is 60.3 Å². The Bertz CT molecular complexity index is 1120. The van der Waals surface area contributed by atoms with Crippen LogP contribution in [0.25, 0.3) is 11.3 Å². The lowest BCUT2D eigenvalue weighted by Crippen LogP contribution is -2.34. The summed E-state index contributed by atoms with van der Waals surface area (Å²) in [6.07, 6.45) is 1.42. The Kier molecular flexibility index (Phi) is 4.99. The molecule has 144 valence electrons. The highest BCUT2D eigenvalue weighted by Crippen LogP contribution is 2.42. The van der Waals surface area contributed by atoms with Crippen molar-refractivity contribution >= 4 is 27.5 Å². The molecule has 0 unspecified atom stereocenters. The van der Waals surface area contributed by atoms with E-state index in [0.29, 0.717) is 28.8 Å². The number of sulfonamides is 1. The summed E-state index contributed by atoms with van der Waals surface area (Å²) < 4.78 is 32.5. The van der Waals surface area contributed by atoms with Crippen LogP contribution in [-0.4, -0.2) is 32.0 Å². The fraction of sp³-hybridized carbons (Fsp3) is 0.200. The molecule has 0 bridgehead atoms. The Morgan fingerprint density at radius 1 is 1.11 bits per heavy atom. The molecule has 0 aliphatic carbocycles. The van der Waals surface area contributed by atoms with Gasteiger partial charge in [0.1, 0.15) is 10.6 Å². The molecule has 6 nitrogen and oxygen atoms in total. The van der Waals surface area contributed by atoms with Crippen LogP contribution in [-0.2, 0) is 15.8 Å². The molecule has 28 heavy (non-hydrogen) atoms. The average Bonchev–Trinajstić information content (AvgIpc) is 2.72. The molecule has 0 N–H and O–H groups in total. The number of nitrogens with zero attached hydrogens (tertiary/aromatic N) is 3. The number of thioether (sulfide) groups is 1. The first-order chi connectivity index (χ1) is 13.5. The van der Waals surface area contributed by atoms with E-state index >= 15 is 0 Å². The first kappa shape index (κ1) is 18.8. The standard InChI is InChI=1S/C20H19N3O3S2/c1-3-23-17-7-5-4-6-16(17)19-18(28(23,24)25)12-21-20(22-19)27-13-14-8-10-15(26-2)11-9-14/h4-12H,3,13H2,1-2H3. The Morgan fingerprint density at radius 2 is 1.86 bits per heavy atom. The second kappa shape index (κ2) is 7.44. The van der Waals surface area contributed by atoms with Crippen molar-refractivity contribution in [2.45, 2.75) is 22.7 Å². The molecule has 0 radical (unpaired) electrons. The van der Waals surface area contributed by atoms with Gasteiger partial charge in [-0.05, 0) is 30.7 Å². The zero-order valence-electron chi connectivity index (χ0n) is 15.5. The molecule has 2 heterocycles. The maximum atomic E-state index is 13.0. The van der Waals surface area contributed by atoms with Crippen LogP contribution >= 0.6 is 11.8 Å². The molecule has 1 aliphatic rings. The van der Waals surface area contributed by atoms with Crippen LogP contribution in [0.15, 0.2) is 64.8 Å². The van der Waals surface area contributed by atoms with Gasteiger partial charge in [0.25, 0.3) is 10.0 Å². The van der Waals surface area contributed by atoms with Crippen LogP contribution in [0.3, 0.4) is 0 Å². The molecule has 8 heteroatoms. The van der Waals surface area contributed by atoms with Gasteiger partial charge in [0, 0.05) is 17.9 Å². The third-order valence-corrected chi connectivity index (χ3v) is 7.37. The van der Waals surface area contributed by atoms with Gasteiger partial charge < -0.3 is 4.74 Å². The summed E-state index contributed by atoms with van der Waals surface area (Å²) in [4.78, 5) is 9.04. The van der Waals surface area contributed by atoms with Crippen molar-refractivity contribution in [1.82, 2.24) is 9.97 Å². The first-order valence-electron chi connectivity index (χ1n) is 8.79. The summed E-state index contributed by atoms with van der Waals surface area (Å²) in [6, 6.07) is 15.2. The molecule has 4 rings (SSSR count). The third-order valence-electron chi connectivity index (χ3n) is 4.54. The molecule has 2 aromatic carbocycles. The van der Waals surface area contributed by atoms with Crippen LogP contribution in [0.2, 0.25) is 0 Å². The summed E-state index contributed by atoms with van der Waals surface area (Å²) in [6.45, 7) is 2.17. The number of hydrogen-bond donors (Lipinski definition) is 0. The summed E-state index contributed by atoms with van der Waals surface area (Å²) >= 11 is 1.47. The van der Waals surface area contributed by atoms with Crippen molar-refractivity contribution in [3.8, 4) is 17.0 Å². The van der Waals surface area contributed by atoms with Crippen molar-refractivity contribution in [1.29, 1.82) is 0 Å². The molecule has 1 aromatic heterocycles. The molecule has 0 saturated heterocycles. The summed E-state index contributed by atoms with van der Waals surface area (Å²) in [7, 11) is -2.02. The predicted molar refractivity (Wildman–Crippen MR) is 110 cm³/mol. The molecule has 0 atom stereocenters. The van der Waals surface area contributed by atoms with Gasteiger partial charge in [0.05, 0.1) is 24.7 Å². The zero-order valence-corrected chi connectivity index (χ0v) is 17.1. The van der Waals surface area contributed by atoms with Gasteiger partial charge in [-0.15, -0.1) is 0 Å². The number of hydrogen-bond acceptors (Lipinski definition) is 6. The Balaban J connectivity index is 1.68. The zero-order chi connectivity index (χ0) is 19.7. The summed E-state index contributed by atoms with van der Waals surface area (Å²) in [5.74, 6) is 1.49. The molecule has 0 fully saturated rings. The molecular weight excluding hydrogens is 394 g/mol. The van der Waals surface area contributed by atoms with Gasteiger partial charge in [-0.1, -0.05) is 42.1 Å². The van der Waals surface area contributed by atoms with E-state index in [1.54, 1.807) is 7.11 Å². The van der Waals surface area contributed by atoms with Crippen LogP contribution in [0.1, 0.15) is 12.5 Å². The van der Waals surface area contributed by atoms with Gasteiger partial charge in [-0.2, -0.15) is 0 Å². The quantitative estimate of drug-likeness (QED) is 0.465. The topological polar surface area (TPSA) is 72.4 Å². The number of aromatic nitrogens is 2. The maximum absolute atomic E-state index is 13.0. The van der Waals surface area contributed by atoms with E-state index in [-0.39, 0.29) is 4.90 Å². The Labute approximate surface area is 168 Å². The smallest absolute Gasteiger partial charge is 0.268 e. The van der Waals surface area contributed by atoms with E-state index in [9.17, 15) is 8.42 Å². The lowest BCUT2D eigenvalue weighted by atomic mass is 10.1. The number of para-hydroxylation sites is 1. The van der Waals surface area contributed by atoms with Crippen LogP contribution < -0.4 is 9.04 Å². The highest BCUT2D eigenvalue weighted by Gasteiger charge is 2.35. The van der Waals surface area contributed by atoms with Gasteiger partial charge in [-0.3, -0.25) is 4.31 Å². The number of benzene rings is 2. The highest BCUT2D eigenvalue weighted by atomic mass is 32.2. The maximum Gasteiger partial charge on any atom is 0.268 e. The number of ether oxygens (including phenoxy) is 1. The largest absolute Gasteiger partial charge is 0.497 e. The number of anilines is 1. The SMILES string of the molecule is CCN1c2ccccc2-c2nc(SCc3ccc(OC)cc3)ncc2S1(=O)=O. The first-order valence-corrected chi connectivity index (χ1v) is 11.2. The van der Waals surface area contributed by atoms with Gasteiger partial charge >= 0.3 is 0 Å². The van der Waals surface area contributed by atoms with Crippen LogP contribution in [0, 0.1) is 0 Å². The summed E-state index contributed by atoms with van der Waals surface area (Å²) in [5.41, 5.74) is 3.04.